The normalized spacial score (nSPS) is 17.5. The van der Waals surface area contributed by atoms with Gasteiger partial charge in [0, 0.05) is 13.1 Å². The Kier molecular flexibility index (Phi) is 4.02. The fourth-order valence-electron chi connectivity index (χ4n) is 3.20. The van der Waals surface area contributed by atoms with E-state index in [9.17, 15) is 9.59 Å². The van der Waals surface area contributed by atoms with E-state index in [0.29, 0.717) is 13.1 Å². The Morgan fingerprint density at radius 3 is 2.77 bits per heavy atom. The molecule has 0 bridgehead atoms. The van der Waals surface area contributed by atoms with Crippen LogP contribution in [-0.2, 0) is 11.3 Å². The highest BCUT2D eigenvalue weighted by Crippen LogP contribution is 2.25. The van der Waals surface area contributed by atoms with Crippen molar-refractivity contribution in [3.05, 3.63) is 34.7 Å². The summed E-state index contributed by atoms with van der Waals surface area (Å²) in [6.07, 6.45) is 4.65. The SMILES string of the molecule is NC1(C(=O)NCCn2c(=O)[nH]c3ccccc32)CCCCC1. The van der Waals surface area contributed by atoms with Crippen LogP contribution in [0.2, 0.25) is 0 Å². The number of amides is 1. The number of rotatable bonds is 4. The first kappa shape index (κ1) is 14.8. The molecule has 0 radical (unpaired) electrons. The highest BCUT2D eigenvalue weighted by molar-refractivity contribution is 5.86. The molecule has 1 aromatic carbocycles. The number of carbonyl (C=O) groups is 1. The molecule has 1 heterocycles. The molecule has 0 aliphatic heterocycles. The quantitative estimate of drug-likeness (QED) is 0.790. The average molecular weight is 302 g/mol. The monoisotopic (exact) mass is 302 g/mol. The van der Waals surface area contributed by atoms with Crippen LogP contribution in [0.4, 0.5) is 0 Å². The number of aromatic amines is 1. The molecular weight excluding hydrogens is 280 g/mol. The van der Waals surface area contributed by atoms with Crippen LogP contribution in [0.15, 0.2) is 29.1 Å². The van der Waals surface area contributed by atoms with Crippen LogP contribution < -0.4 is 16.7 Å². The predicted molar refractivity (Wildman–Crippen MR) is 85.6 cm³/mol. The van der Waals surface area contributed by atoms with Crippen molar-refractivity contribution >= 4 is 16.9 Å². The van der Waals surface area contributed by atoms with Crippen molar-refractivity contribution in [2.24, 2.45) is 5.73 Å². The molecule has 4 N–H and O–H groups in total. The largest absolute Gasteiger partial charge is 0.353 e. The van der Waals surface area contributed by atoms with Gasteiger partial charge < -0.3 is 16.0 Å². The van der Waals surface area contributed by atoms with E-state index in [1.807, 2.05) is 24.3 Å². The van der Waals surface area contributed by atoms with Crippen LogP contribution in [-0.4, -0.2) is 27.5 Å². The summed E-state index contributed by atoms with van der Waals surface area (Å²) in [4.78, 5) is 27.0. The van der Waals surface area contributed by atoms with Crippen LogP contribution in [0.5, 0.6) is 0 Å². The van der Waals surface area contributed by atoms with Gasteiger partial charge in [0.1, 0.15) is 0 Å². The van der Waals surface area contributed by atoms with Crippen molar-refractivity contribution in [2.45, 2.75) is 44.2 Å². The molecule has 2 aromatic rings. The Morgan fingerprint density at radius 2 is 2.00 bits per heavy atom. The Bertz CT molecular complexity index is 725. The maximum absolute atomic E-state index is 12.3. The number of hydrogen-bond acceptors (Lipinski definition) is 3. The van der Waals surface area contributed by atoms with Gasteiger partial charge in [-0.15, -0.1) is 0 Å². The number of fused-ring (bicyclic) bond motifs is 1. The minimum absolute atomic E-state index is 0.0971. The Balaban J connectivity index is 1.64. The summed E-state index contributed by atoms with van der Waals surface area (Å²) in [5.74, 6) is -0.0971. The van der Waals surface area contributed by atoms with E-state index in [-0.39, 0.29) is 11.6 Å². The summed E-state index contributed by atoms with van der Waals surface area (Å²) in [5.41, 5.74) is 6.96. The molecule has 1 aliphatic carbocycles. The van der Waals surface area contributed by atoms with Crippen molar-refractivity contribution in [2.75, 3.05) is 6.54 Å². The molecule has 6 nitrogen and oxygen atoms in total. The third-order valence-electron chi connectivity index (χ3n) is 4.50. The molecule has 0 spiro atoms. The lowest BCUT2D eigenvalue weighted by molar-refractivity contribution is -0.127. The van der Waals surface area contributed by atoms with Crippen molar-refractivity contribution in [3.63, 3.8) is 0 Å². The van der Waals surface area contributed by atoms with Gasteiger partial charge in [0.05, 0.1) is 16.6 Å². The maximum Gasteiger partial charge on any atom is 0.326 e. The third kappa shape index (κ3) is 2.78. The fourth-order valence-corrected chi connectivity index (χ4v) is 3.20. The lowest BCUT2D eigenvalue weighted by Gasteiger charge is -2.31. The molecule has 0 unspecified atom stereocenters. The van der Waals surface area contributed by atoms with E-state index in [2.05, 4.69) is 10.3 Å². The van der Waals surface area contributed by atoms with Crippen molar-refractivity contribution in [3.8, 4) is 0 Å². The van der Waals surface area contributed by atoms with E-state index in [4.69, 9.17) is 5.73 Å². The van der Waals surface area contributed by atoms with Gasteiger partial charge in [0.2, 0.25) is 5.91 Å². The summed E-state index contributed by atoms with van der Waals surface area (Å²) in [6.45, 7) is 0.838. The topological polar surface area (TPSA) is 92.9 Å². The molecule has 1 saturated carbocycles. The summed E-state index contributed by atoms with van der Waals surface area (Å²) < 4.78 is 1.64. The Hall–Kier alpha value is -2.08. The minimum Gasteiger partial charge on any atom is -0.353 e. The van der Waals surface area contributed by atoms with Gasteiger partial charge in [-0.1, -0.05) is 31.4 Å². The van der Waals surface area contributed by atoms with Gasteiger partial charge in [-0.3, -0.25) is 9.36 Å². The first-order valence-corrected chi connectivity index (χ1v) is 7.85. The van der Waals surface area contributed by atoms with Crippen LogP contribution in [0, 0.1) is 0 Å². The summed E-state index contributed by atoms with van der Waals surface area (Å²) >= 11 is 0. The van der Waals surface area contributed by atoms with E-state index in [0.717, 1.165) is 43.1 Å². The molecule has 6 heteroatoms. The molecule has 1 aromatic heterocycles. The van der Waals surface area contributed by atoms with Crippen molar-refractivity contribution < 1.29 is 4.79 Å². The summed E-state index contributed by atoms with van der Waals surface area (Å²) in [5, 5.41) is 2.89. The second-order valence-electron chi connectivity index (χ2n) is 6.07. The molecule has 1 fully saturated rings. The highest BCUT2D eigenvalue weighted by atomic mass is 16.2. The summed E-state index contributed by atoms with van der Waals surface area (Å²) in [7, 11) is 0. The van der Waals surface area contributed by atoms with Crippen LogP contribution in [0.25, 0.3) is 11.0 Å². The molecule has 0 saturated heterocycles. The number of para-hydroxylation sites is 2. The first-order chi connectivity index (χ1) is 10.6. The van der Waals surface area contributed by atoms with Crippen molar-refractivity contribution in [1.29, 1.82) is 0 Å². The predicted octanol–water partition coefficient (Wildman–Crippen LogP) is 1.11. The first-order valence-electron chi connectivity index (χ1n) is 7.85. The van der Waals surface area contributed by atoms with Gasteiger partial charge in [-0.05, 0) is 25.0 Å². The van der Waals surface area contributed by atoms with Gasteiger partial charge in [-0.25, -0.2) is 4.79 Å². The molecule has 1 amide bonds. The van der Waals surface area contributed by atoms with Crippen molar-refractivity contribution in [1.82, 2.24) is 14.9 Å². The average Bonchev–Trinajstić information content (AvgIpc) is 2.84. The Labute approximate surface area is 128 Å². The molecule has 22 heavy (non-hydrogen) atoms. The van der Waals surface area contributed by atoms with E-state index in [1.54, 1.807) is 4.57 Å². The van der Waals surface area contributed by atoms with E-state index in [1.165, 1.54) is 0 Å². The number of H-pyrrole nitrogens is 1. The van der Waals surface area contributed by atoms with Gasteiger partial charge in [0.15, 0.2) is 0 Å². The second kappa shape index (κ2) is 5.96. The highest BCUT2D eigenvalue weighted by Gasteiger charge is 2.34. The van der Waals surface area contributed by atoms with Gasteiger partial charge >= 0.3 is 5.69 Å². The number of nitrogens with zero attached hydrogens (tertiary/aromatic N) is 1. The number of aromatic nitrogens is 2. The van der Waals surface area contributed by atoms with Crippen LogP contribution >= 0.6 is 0 Å². The zero-order chi connectivity index (χ0) is 15.6. The molecule has 0 atom stereocenters. The maximum atomic E-state index is 12.3. The third-order valence-corrected chi connectivity index (χ3v) is 4.50. The number of nitrogens with two attached hydrogens (primary N) is 1. The minimum atomic E-state index is -0.733. The Morgan fingerprint density at radius 1 is 1.27 bits per heavy atom. The smallest absolute Gasteiger partial charge is 0.326 e. The zero-order valence-corrected chi connectivity index (χ0v) is 12.6. The number of hydrogen-bond donors (Lipinski definition) is 3. The zero-order valence-electron chi connectivity index (χ0n) is 12.6. The summed E-state index contributed by atoms with van der Waals surface area (Å²) in [6, 6.07) is 7.52. The van der Waals surface area contributed by atoms with Crippen LogP contribution in [0.1, 0.15) is 32.1 Å². The molecule has 3 rings (SSSR count). The lowest BCUT2D eigenvalue weighted by Crippen LogP contribution is -2.55. The van der Waals surface area contributed by atoms with E-state index >= 15 is 0 Å². The molecule has 1 aliphatic rings. The van der Waals surface area contributed by atoms with Gasteiger partial charge in [-0.2, -0.15) is 0 Å². The number of benzene rings is 1. The van der Waals surface area contributed by atoms with E-state index < -0.39 is 5.54 Å². The number of carbonyl (C=O) groups excluding carboxylic acids is 1. The number of nitrogens with one attached hydrogen (secondary N) is 2. The molecule has 118 valence electrons. The van der Waals surface area contributed by atoms with Crippen LogP contribution in [0.3, 0.4) is 0 Å². The number of imidazole rings is 1. The standard InChI is InChI=1S/C16H22N4O2/c17-16(8-4-1-5-9-16)14(21)18-10-11-20-13-7-3-2-6-12(13)19-15(20)22/h2-3,6-7H,1,4-5,8-11,17H2,(H,18,21)(H,19,22). The van der Waals surface area contributed by atoms with Gasteiger partial charge in [0.25, 0.3) is 0 Å². The lowest BCUT2D eigenvalue weighted by atomic mass is 9.82. The fraction of sp³-hybridized carbons (Fsp3) is 0.500. The molecular formula is C16H22N4O2. The second-order valence-corrected chi connectivity index (χ2v) is 6.07.